The molecule has 1 rings (SSSR count). The van der Waals surface area contributed by atoms with Crippen LogP contribution < -0.4 is 11.1 Å². The number of nitrogens with two attached hydrogens (primary N) is 1. The monoisotopic (exact) mass is 256 g/mol. The molecule has 100 valence electrons. The first-order chi connectivity index (χ1) is 8.49. The molecule has 0 saturated heterocycles. The van der Waals surface area contributed by atoms with Crippen molar-refractivity contribution >= 4 is 11.6 Å². The molecule has 0 fully saturated rings. The fraction of sp³-hybridized carbons (Fsp3) is 0.417. The summed E-state index contributed by atoms with van der Waals surface area (Å²) in [6, 6.07) is 2.62. The first-order valence-electron chi connectivity index (χ1n) is 5.39. The van der Waals surface area contributed by atoms with Crippen molar-refractivity contribution < 1.29 is 18.7 Å². The number of ether oxygens (including phenoxy) is 2. The van der Waals surface area contributed by atoms with Gasteiger partial charge in [0.05, 0.1) is 6.54 Å². The summed E-state index contributed by atoms with van der Waals surface area (Å²) >= 11 is 0. The summed E-state index contributed by atoms with van der Waals surface area (Å²) in [7, 11) is 3.01. The van der Waals surface area contributed by atoms with E-state index in [-0.39, 0.29) is 5.56 Å². The van der Waals surface area contributed by atoms with Crippen LogP contribution in [0.5, 0.6) is 0 Å². The maximum atomic E-state index is 13.6. The Kier molecular flexibility index (Phi) is 5.06. The molecule has 0 unspecified atom stereocenters. The van der Waals surface area contributed by atoms with E-state index in [1.165, 1.54) is 20.3 Å². The summed E-state index contributed by atoms with van der Waals surface area (Å²) in [5, 5.41) is 2.95. The average molecular weight is 256 g/mol. The van der Waals surface area contributed by atoms with Crippen LogP contribution in [0.2, 0.25) is 0 Å². The topological polar surface area (TPSA) is 73.6 Å². The number of carbonyl (C=O) groups excluding carboxylic acids is 1. The van der Waals surface area contributed by atoms with Crippen molar-refractivity contribution in [1.82, 2.24) is 0 Å². The number of carbonyl (C=O) groups is 1. The Morgan fingerprint density at radius 2 is 2.06 bits per heavy atom. The Morgan fingerprint density at radius 1 is 1.44 bits per heavy atom. The van der Waals surface area contributed by atoms with Crippen LogP contribution in [0.3, 0.4) is 0 Å². The molecule has 6 heteroatoms. The summed E-state index contributed by atoms with van der Waals surface area (Å²) in [6.45, 7) is 1.94. The molecule has 0 atom stereocenters. The van der Waals surface area contributed by atoms with E-state index in [1.807, 2.05) is 0 Å². The zero-order valence-corrected chi connectivity index (χ0v) is 10.6. The van der Waals surface area contributed by atoms with E-state index in [2.05, 4.69) is 5.32 Å². The molecule has 1 amide bonds. The first kappa shape index (κ1) is 14.4. The number of anilines is 1. The molecule has 18 heavy (non-hydrogen) atoms. The van der Waals surface area contributed by atoms with E-state index in [0.717, 1.165) is 6.07 Å². The predicted octanol–water partition coefficient (Wildman–Crippen LogP) is 1.26. The Labute approximate surface area is 105 Å². The van der Waals surface area contributed by atoms with Crippen molar-refractivity contribution in [2.75, 3.05) is 26.1 Å². The molecule has 1 aromatic carbocycles. The van der Waals surface area contributed by atoms with Gasteiger partial charge < -0.3 is 20.5 Å². The summed E-state index contributed by atoms with van der Waals surface area (Å²) in [4.78, 5) is 11.0. The Bertz CT molecular complexity index is 434. The summed E-state index contributed by atoms with van der Waals surface area (Å²) in [5.74, 6) is -1.16. The number of hydrogen-bond donors (Lipinski definition) is 2. The van der Waals surface area contributed by atoms with Gasteiger partial charge in [0.2, 0.25) is 5.91 Å². The van der Waals surface area contributed by atoms with Gasteiger partial charge in [0.15, 0.2) is 6.29 Å². The number of hydrogen-bond acceptors (Lipinski definition) is 4. The largest absolute Gasteiger partial charge is 0.380 e. The molecule has 1 aromatic rings. The molecular weight excluding hydrogens is 239 g/mol. The van der Waals surface area contributed by atoms with Crippen LogP contribution in [-0.2, 0) is 9.47 Å². The second-order valence-electron chi connectivity index (χ2n) is 3.78. The predicted molar refractivity (Wildman–Crippen MR) is 66.0 cm³/mol. The highest BCUT2D eigenvalue weighted by Crippen LogP contribution is 2.20. The van der Waals surface area contributed by atoms with Crippen LogP contribution in [-0.4, -0.2) is 33.0 Å². The lowest BCUT2D eigenvalue weighted by atomic mass is 10.1. The molecule has 0 saturated carbocycles. The van der Waals surface area contributed by atoms with Gasteiger partial charge in [-0.25, -0.2) is 4.39 Å². The Balaban J connectivity index is 2.90. The van der Waals surface area contributed by atoms with Crippen molar-refractivity contribution in [1.29, 1.82) is 0 Å². The van der Waals surface area contributed by atoms with Crippen LogP contribution in [0.4, 0.5) is 10.1 Å². The van der Waals surface area contributed by atoms with Gasteiger partial charge in [-0.2, -0.15) is 0 Å². The highest BCUT2D eigenvalue weighted by atomic mass is 19.1. The number of primary amides is 1. The molecule has 0 aromatic heterocycles. The van der Waals surface area contributed by atoms with E-state index in [4.69, 9.17) is 15.2 Å². The molecule has 0 heterocycles. The molecule has 5 nitrogen and oxygen atoms in total. The minimum absolute atomic E-state index is 0.118. The average Bonchev–Trinajstić information content (AvgIpc) is 2.34. The highest BCUT2D eigenvalue weighted by molar-refractivity contribution is 5.94. The summed E-state index contributed by atoms with van der Waals surface area (Å²) in [5.41, 5.74) is 6.14. The second-order valence-corrected chi connectivity index (χ2v) is 3.78. The SMILES string of the molecule is COC(CNc1cc(C(N)=O)cc(F)c1C)OC. The molecule has 0 aliphatic carbocycles. The molecule has 0 aliphatic heterocycles. The van der Waals surface area contributed by atoms with E-state index < -0.39 is 18.0 Å². The third kappa shape index (κ3) is 3.41. The van der Waals surface area contributed by atoms with Gasteiger partial charge in [0, 0.05) is 31.0 Å². The van der Waals surface area contributed by atoms with Crippen LogP contribution in [0.25, 0.3) is 0 Å². The zero-order chi connectivity index (χ0) is 13.7. The molecule has 3 N–H and O–H groups in total. The highest BCUT2D eigenvalue weighted by Gasteiger charge is 2.12. The summed E-state index contributed by atoms with van der Waals surface area (Å²) < 4.78 is 23.6. The van der Waals surface area contributed by atoms with Gasteiger partial charge >= 0.3 is 0 Å². The van der Waals surface area contributed by atoms with Gasteiger partial charge in [-0.15, -0.1) is 0 Å². The Morgan fingerprint density at radius 3 is 2.56 bits per heavy atom. The van der Waals surface area contributed by atoms with Crippen molar-refractivity contribution in [3.63, 3.8) is 0 Å². The van der Waals surface area contributed by atoms with Crippen LogP contribution >= 0.6 is 0 Å². The first-order valence-corrected chi connectivity index (χ1v) is 5.39. The summed E-state index contributed by atoms with van der Waals surface area (Å²) in [6.07, 6.45) is -0.454. The second kappa shape index (κ2) is 6.32. The quantitative estimate of drug-likeness (QED) is 0.752. The number of rotatable bonds is 6. The number of benzene rings is 1. The fourth-order valence-corrected chi connectivity index (χ4v) is 1.46. The van der Waals surface area contributed by atoms with E-state index in [0.29, 0.717) is 17.8 Å². The third-order valence-electron chi connectivity index (χ3n) is 2.61. The smallest absolute Gasteiger partial charge is 0.248 e. The zero-order valence-electron chi connectivity index (χ0n) is 10.6. The fourth-order valence-electron chi connectivity index (χ4n) is 1.46. The number of nitrogens with one attached hydrogen (secondary N) is 1. The van der Waals surface area contributed by atoms with Crippen molar-refractivity contribution in [2.24, 2.45) is 5.73 Å². The maximum Gasteiger partial charge on any atom is 0.248 e. The molecule has 0 aliphatic rings. The lowest BCUT2D eigenvalue weighted by Crippen LogP contribution is -2.24. The molecule has 0 radical (unpaired) electrons. The number of halogens is 1. The van der Waals surface area contributed by atoms with Gasteiger partial charge in [-0.3, -0.25) is 4.79 Å². The van der Waals surface area contributed by atoms with Crippen molar-refractivity contribution in [3.8, 4) is 0 Å². The normalized spacial score (nSPS) is 10.7. The molecule has 0 bridgehead atoms. The Hall–Kier alpha value is -1.66. The van der Waals surface area contributed by atoms with E-state index >= 15 is 0 Å². The minimum Gasteiger partial charge on any atom is -0.380 e. The van der Waals surface area contributed by atoms with Gasteiger partial charge in [0.25, 0.3) is 0 Å². The molecular formula is C12H17FN2O3. The van der Waals surface area contributed by atoms with Gasteiger partial charge in [-0.1, -0.05) is 0 Å². The van der Waals surface area contributed by atoms with Crippen LogP contribution in [0, 0.1) is 12.7 Å². The number of methoxy groups -OCH3 is 2. The standard InChI is InChI=1S/C12H17FN2O3/c1-7-9(13)4-8(12(14)16)5-10(7)15-6-11(17-2)18-3/h4-5,11,15H,6H2,1-3H3,(H2,14,16). The van der Waals surface area contributed by atoms with Crippen molar-refractivity contribution in [2.45, 2.75) is 13.2 Å². The number of amides is 1. The van der Waals surface area contributed by atoms with Crippen LogP contribution in [0.1, 0.15) is 15.9 Å². The lowest BCUT2D eigenvalue weighted by Gasteiger charge is -2.17. The maximum absolute atomic E-state index is 13.6. The lowest BCUT2D eigenvalue weighted by molar-refractivity contribution is -0.0914. The molecule has 0 spiro atoms. The van der Waals surface area contributed by atoms with E-state index in [9.17, 15) is 9.18 Å². The van der Waals surface area contributed by atoms with Gasteiger partial charge in [0.1, 0.15) is 5.82 Å². The van der Waals surface area contributed by atoms with Gasteiger partial charge in [-0.05, 0) is 19.1 Å². The minimum atomic E-state index is -0.674. The van der Waals surface area contributed by atoms with Crippen molar-refractivity contribution in [3.05, 3.63) is 29.1 Å². The van der Waals surface area contributed by atoms with E-state index in [1.54, 1.807) is 6.92 Å². The third-order valence-corrected chi connectivity index (χ3v) is 2.61. The van der Waals surface area contributed by atoms with Crippen LogP contribution in [0.15, 0.2) is 12.1 Å².